The van der Waals surface area contributed by atoms with Gasteiger partial charge in [-0.15, -0.1) is 13.2 Å². The molecule has 0 unspecified atom stereocenters. The molecular weight excluding hydrogens is 430 g/mol. The normalized spacial score (nSPS) is 17.5. The van der Waals surface area contributed by atoms with Crippen LogP contribution in [0.15, 0.2) is 54.7 Å². The van der Waals surface area contributed by atoms with Gasteiger partial charge in [-0.1, -0.05) is 18.2 Å². The minimum atomic E-state index is -4.85. The van der Waals surface area contributed by atoms with Gasteiger partial charge < -0.3 is 9.64 Å². The van der Waals surface area contributed by atoms with Gasteiger partial charge in [-0.2, -0.15) is 0 Å². The zero-order valence-corrected chi connectivity index (χ0v) is 16.4. The molecule has 2 aromatic carbocycles. The van der Waals surface area contributed by atoms with Crippen LogP contribution in [-0.4, -0.2) is 33.7 Å². The molecule has 3 amide bonds. The average Bonchev–Trinajstić information content (AvgIpc) is 3.51. The van der Waals surface area contributed by atoms with E-state index in [4.69, 9.17) is 0 Å². The summed E-state index contributed by atoms with van der Waals surface area (Å²) in [5, 5.41) is 0.538. The molecule has 1 aliphatic heterocycles. The van der Waals surface area contributed by atoms with Crippen molar-refractivity contribution in [1.29, 1.82) is 0 Å². The van der Waals surface area contributed by atoms with E-state index in [0.717, 1.165) is 23.2 Å². The number of aromatic nitrogens is 1. The van der Waals surface area contributed by atoms with Gasteiger partial charge in [-0.05, 0) is 43.2 Å². The van der Waals surface area contributed by atoms with Crippen molar-refractivity contribution < 1.29 is 31.9 Å². The molecule has 0 bridgehead atoms. The molecule has 164 valence electrons. The van der Waals surface area contributed by atoms with Crippen molar-refractivity contribution in [3.63, 3.8) is 0 Å². The summed E-state index contributed by atoms with van der Waals surface area (Å²) in [5.74, 6) is -1.54. The lowest BCUT2D eigenvalue weighted by Crippen LogP contribution is -2.36. The number of amides is 3. The van der Waals surface area contributed by atoms with Gasteiger partial charge in [0.05, 0.1) is 23.9 Å². The van der Waals surface area contributed by atoms with Gasteiger partial charge in [0, 0.05) is 10.9 Å². The van der Waals surface area contributed by atoms with E-state index in [1.165, 1.54) is 17.0 Å². The first-order chi connectivity index (χ1) is 15.2. The molecule has 0 radical (unpaired) electrons. The fourth-order valence-electron chi connectivity index (χ4n) is 4.05. The Hall–Kier alpha value is -3.69. The van der Waals surface area contributed by atoms with E-state index in [2.05, 4.69) is 9.72 Å². The number of ether oxygens (including phenoxy) is 1. The molecule has 10 heteroatoms. The third-order valence-corrected chi connectivity index (χ3v) is 5.74. The molecule has 5 rings (SSSR count). The van der Waals surface area contributed by atoms with E-state index in [1.54, 1.807) is 24.3 Å². The van der Waals surface area contributed by atoms with E-state index in [1.807, 2.05) is 0 Å². The molecule has 1 aliphatic carbocycles. The van der Waals surface area contributed by atoms with E-state index >= 15 is 0 Å². The van der Waals surface area contributed by atoms with Crippen molar-refractivity contribution in [3.05, 3.63) is 66.1 Å². The maximum atomic E-state index is 14.7. The number of rotatable bonds is 4. The summed E-state index contributed by atoms with van der Waals surface area (Å²) in [7, 11) is 0. The number of para-hydroxylation sites is 1. The van der Waals surface area contributed by atoms with Crippen LogP contribution < -0.4 is 9.64 Å². The number of hydrogen-bond donors (Lipinski definition) is 0. The summed E-state index contributed by atoms with van der Waals surface area (Å²) >= 11 is 0. The average molecular weight is 445 g/mol. The minimum absolute atomic E-state index is 0.114. The van der Waals surface area contributed by atoms with Crippen LogP contribution in [0, 0.1) is 5.82 Å². The molecule has 2 heterocycles. The van der Waals surface area contributed by atoms with Crippen LogP contribution >= 0.6 is 0 Å². The Morgan fingerprint density at radius 2 is 1.72 bits per heavy atom. The zero-order valence-electron chi connectivity index (χ0n) is 16.4. The third-order valence-electron chi connectivity index (χ3n) is 5.74. The van der Waals surface area contributed by atoms with Crippen molar-refractivity contribution in [2.75, 3.05) is 4.90 Å². The van der Waals surface area contributed by atoms with Crippen molar-refractivity contribution in [2.45, 2.75) is 31.3 Å². The number of alkyl halides is 3. The zero-order chi connectivity index (χ0) is 22.7. The van der Waals surface area contributed by atoms with Crippen molar-refractivity contribution in [1.82, 2.24) is 9.88 Å². The van der Waals surface area contributed by atoms with Gasteiger partial charge in [0.25, 0.3) is 5.91 Å². The first-order valence-electron chi connectivity index (χ1n) is 9.74. The molecule has 1 saturated heterocycles. The first-order valence-corrected chi connectivity index (χ1v) is 9.74. The van der Waals surface area contributed by atoms with Crippen LogP contribution in [0.25, 0.3) is 10.9 Å². The number of carbonyl (C=O) groups is 2. The second kappa shape index (κ2) is 6.91. The Balaban J connectivity index is 1.47. The number of benzene rings is 2. The highest BCUT2D eigenvalue weighted by Crippen LogP contribution is 2.50. The summed E-state index contributed by atoms with van der Waals surface area (Å²) in [4.78, 5) is 32.6. The van der Waals surface area contributed by atoms with Crippen LogP contribution in [0.2, 0.25) is 0 Å². The van der Waals surface area contributed by atoms with Gasteiger partial charge in [-0.25, -0.2) is 14.1 Å². The molecule has 1 saturated carbocycles. The molecule has 32 heavy (non-hydrogen) atoms. The lowest BCUT2D eigenvalue weighted by Gasteiger charge is -2.22. The van der Waals surface area contributed by atoms with Gasteiger partial charge >= 0.3 is 12.4 Å². The largest absolute Gasteiger partial charge is 0.573 e. The molecule has 3 aromatic rings. The maximum absolute atomic E-state index is 14.7. The molecule has 1 spiro atoms. The van der Waals surface area contributed by atoms with E-state index in [0.29, 0.717) is 23.7 Å². The SMILES string of the molecule is O=C1N(c2ccc(OC(F)(F)F)cc2)C(=O)C2(CC2)N1Cc1c(F)cnc2ccccc12. The Bertz CT molecular complexity index is 1240. The van der Waals surface area contributed by atoms with Crippen LogP contribution in [-0.2, 0) is 11.3 Å². The van der Waals surface area contributed by atoms with E-state index in [9.17, 15) is 27.2 Å². The van der Waals surface area contributed by atoms with Gasteiger partial charge in [-0.3, -0.25) is 9.78 Å². The van der Waals surface area contributed by atoms with Crippen LogP contribution in [0.5, 0.6) is 5.75 Å². The number of carbonyl (C=O) groups excluding carboxylic acids is 2. The monoisotopic (exact) mass is 445 g/mol. The van der Waals surface area contributed by atoms with Gasteiger partial charge in [0.1, 0.15) is 17.1 Å². The maximum Gasteiger partial charge on any atom is 0.573 e. The predicted octanol–water partition coefficient (Wildman–Crippen LogP) is 4.77. The lowest BCUT2D eigenvalue weighted by molar-refractivity contribution is -0.274. The molecule has 2 fully saturated rings. The molecule has 1 aromatic heterocycles. The summed E-state index contributed by atoms with van der Waals surface area (Å²) in [5.41, 5.74) is -0.152. The Morgan fingerprint density at radius 1 is 1.03 bits per heavy atom. The fraction of sp³-hybridized carbons (Fsp3) is 0.227. The predicted molar refractivity (Wildman–Crippen MR) is 105 cm³/mol. The second-order valence-electron chi connectivity index (χ2n) is 7.68. The number of fused-ring (bicyclic) bond motifs is 1. The number of nitrogens with zero attached hydrogens (tertiary/aromatic N) is 3. The Morgan fingerprint density at radius 3 is 2.38 bits per heavy atom. The minimum Gasteiger partial charge on any atom is -0.406 e. The van der Waals surface area contributed by atoms with E-state index in [-0.39, 0.29) is 17.8 Å². The van der Waals surface area contributed by atoms with Gasteiger partial charge in [0.2, 0.25) is 0 Å². The summed E-state index contributed by atoms with van der Waals surface area (Å²) < 4.78 is 55.7. The summed E-state index contributed by atoms with van der Waals surface area (Å²) in [6, 6.07) is 10.7. The number of halogens is 4. The van der Waals surface area contributed by atoms with Gasteiger partial charge in [0.15, 0.2) is 0 Å². The van der Waals surface area contributed by atoms with Crippen molar-refractivity contribution in [3.8, 4) is 5.75 Å². The van der Waals surface area contributed by atoms with Crippen molar-refractivity contribution in [2.24, 2.45) is 0 Å². The molecule has 0 atom stereocenters. The number of hydrogen-bond acceptors (Lipinski definition) is 4. The third kappa shape index (κ3) is 3.22. The van der Waals surface area contributed by atoms with Crippen molar-refractivity contribution >= 4 is 28.5 Å². The topological polar surface area (TPSA) is 62.7 Å². The fourth-order valence-corrected chi connectivity index (χ4v) is 4.05. The number of urea groups is 1. The standard InChI is InChI=1S/C22H15F4N3O3/c23-17-11-27-18-4-2-1-3-15(18)16(17)12-28-20(31)29(19(30)21(28)9-10-21)13-5-7-14(8-6-13)32-22(24,25)26/h1-8,11H,9-10,12H2. The lowest BCUT2D eigenvalue weighted by atomic mass is 10.1. The molecule has 0 N–H and O–H groups in total. The van der Waals surface area contributed by atoms with Crippen LogP contribution in [0.3, 0.4) is 0 Å². The molecular formula is C22H15F4N3O3. The molecule has 6 nitrogen and oxygen atoms in total. The second-order valence-corrected chi connectivity index (χ2v) is 7.68. The Labute approximate surface area is 179 Å². The molecule has 2 aliphatic rings. The van der Waals surface area contributed by atoms with E-state index < -0.39 is 35.4 Å². The van der Waals surface area contributed by atoms with Crippen LogP contribution in [0.1, 0.15) is 18.4 Å². The first kappa shape index (κ1) is 20.2. The summed E-state index contributed by atoms with van der Waals surface area (Å²) in [6.07, 6.45) is -2.92. The quantitative estimate of drug-likeness (QED) is 0.429. The summed E-state index contributed by atoms with van der Waals surface area (Å²) in [6.45, 7) is -0.134. The number of anilines is 1. The number of imide groups is 1. The number of pyridine rings is 1. The smallest absolute Gasteiger partial charge is 0.406 e. The van der Waals surface area contributed by atoms with Crippen LogP contribution in [0.4, 0.5) is 28.0 Å². The highest BCUT2D eigenvalue weighted by atomic mass is 19.4. The highest BCUT2D eigenvalue weighted by molar-refractivity contribution is 6.24. The highest BCUT2D eigenvalue weighted by Gasteiger charge is 2.65. The Kier molecular flexibility index (Phi) is 4.37.